The third-order valence-corrected chi connectivity index (χ3v) is 5.37. The lowest BCUT2D eigenvalue weighted by molar-refractivity contribution is 0.141. The van der Waals surface area contributed by atoms with E-state index in [0.29, 0.717) is 17.1 Å². The Morgan fingerprint density at radius 1 is 1.15 bits per heavy atom. The Labute approximate surface area is 149 Å². The molecular weight excluding hydrogens is 394 g/mol. The zero-order chi connectivity index (χ0) is 19.2. The van der Waals surface area contributed by atoms with Crippen molar-refractivity contribution in [2.75, 3.05) is 6.26 Å². The Hall–Kier alpha value is -2.27. The van der Waals surface area contributed by atoms with E-state index in [1.54, 1.807) is 12.3 Å². The van der Waals surface area contributed by atoms with E-state index >= 15 is 0 Å². The standard InChI is InChI=1S/C15H11F4N3O2S2/c1-6-20-10(5-25-6)13-12(21-15(22-13)14(18)19)7-3-9(17)11(4-8(7)16)26(2,23)24/h3-5,14H,1-2H3,(H,21,22). The van der Waals surface area contributed by atoms with Crippen molar-refractivity contribution >= 4 is 21.2 Å². The maximum Gasteiger partial charge on any atom is 0.295 e. The summed E-state index contributed by atoms with van der Waals surface area (Å²) in [5, 5.41) is 2.19. The summed E-state index contributed by atoms with van der Waals surface area (Å²) in [7, 11) is -4.00. The maximum absolute atomic E-state index is 14.5. The number of nitrogens with one attached hydrogen (secondary N) is 1. The van der Waals surface area contributed by atoms with Gasteiger partial charge in [0.2, 0.25) is 0 Å². The molecule has 0 spiro atoms. The minimum Gasteiger partial charge on any atom is -0.335 e. The van der Waals surface area contributed by atoms with Gasteiger partial charge in [-0.05, 0) is 19.1 Å². The molecule has 0 saturated heterocycles. The first-order valence-corrected chi connectivity index (χ1v) is 9.85. The molecule has 5 nitrogen and oxygen atoms in total. The molecule has 0 aliphatic carbocycles. The molecule has 1 N–H and O–H groups in total. The lowest BCUT2D eigenvalue weighted by Gasteiger charge is -2.06. The average molecular weight is 405 g/mol. The van der Waals surface area contributed by atoms with Gasteiger partial charge < -0.3 is 4.98 Å². The number of aromatic amines is 1. The molecule has 0 bridgehead atoms. The van der Waals surface area contributed by atoms with Crippen molar-refractivity contribution in [3.63, 3.8) is 0 Å². The minimum atomic E-state index is -4.00. The predicted molar refractivity (Wildman–Crippen MR) is 87.9 cm³/mol. The van der Waals surface area contributed by atoms with Gasteiger partial charge in [0.05, 0.1) is 16.4 Å². The van der Waals surface area contributed by atoms with Crippen LogP contribution in [-0.4, -0.2) is 29.6 Å². The third-order valence-electron chi connectivity index (χ3n) is 3.48. The van der Waals surface area contributed by atoms with Gasteiger partial charge in [0.15, 0.2) is 15.7 Å². The van der Waals surface area contributed by atoms with Crippen molar-refractivity contribution in [2.24, 2.45) is 0 Å². The molecule has 3 rings (SSSR count). The van der Waals surface area contributed by atoms with Gasteiger partial charge in [-0.25, -0.2) is 35.9 Å². The molecule has 0 aliphatic heterocycles. The van der Waals surface area contributed by atoms with Crippen molar-refractivity contribution in [1.82, 2.24) is 15.0 Å². The lowest BCUT2D eigenvalue weighted by Crippen LogP contribution is -2.03. The summed E-state index contributed by atoms with van der Waals surface area (Å²) in [6, 6.07) is 1.13. The van der Waals surface area contributed by atoms with Crippen molar-refractivity contribution in [2.45, 2.75) is 18.2 Å². The molecule has 0 atom stereocenters. The number of nitrogens with zero attached hydrogens (tertiary/aromatic N) is 2. The molecule has 3 aromatic rings. The van der Waals surface area contributed by atoms with E-state index in [2.05, 4.69) is 15.0 Å². The van der Waals surface area contributed by atoms with Gasteiger partial charge in [-0.2, -0.15) is 0 Å². The Morgan fingerprint density at radius 3 is 2.38 bits per heavy atom. The molecule has 1 aromatic carbocycles. The quantitative estimate of drug-likeness (QED) is 0.663. The van der Waals surface area contributed by atoms with E-state index in [1.807, 2.05) is 0 Å². The first-order chi connectivity index (χ1) is 12.1. The number of imidazole rings is 1. The van der Waals surface area contributed by atoms with Crippen molar-refractivity contribution < 1.29 is 26.0 Å². The summed E-state index contributed by atoms with van der Waals surface area (Å²) in [5.41, 5.74) is -0.482. The number of alkyl halides is 2. The van der Waals surface area contributed by atoms with Crippen LogP contribution in [0.4, 0.5) is 17.6 Å². The van der Waals surface area contributed by atoms with Crippen LogP contribution >= 0.6 is 11.3 Å². The van der Waals surface area contributed by atoms with Crippen LogP contribution in [-0.2, 0) is 9.84 Å². The number of sulfone groups is 1. The van der Waals surface area contributed by atoms with Gasteiger partial charge >= 0.3 is 0 Å². The summed E-state index contributed by atoms with van der Waals surface area (Å²) in [6.07, 6.45) is -2.23. The van der Waals surface area contributed by atoms with Crippen LogP contribution in [0, 0.1) is 18.6 Å². The molecule has 0 radical (unpaired) electrons. The van der Waals surface area contributed by atoms with Gasteiger partial charge in [-0.15, -0.1) is 11.3 Å². The molecule has 0 aliphatic rings. The molecule has 2 aromatic heterocycles. The number of H-pyrrole nitrogens is 1. The average Bonchev–Trinajstić information content (AvgIpc) is 3.14. The minimum absolute atomic E-state index is 0.00458. The summed E-state index contributed by atoms with van der Waals surface area (Å²) in [6.45, 7) is 1.69. The molecule has 0 fully saturated rings. The van der Waals surface area contributed by atoms with E-state index in [1.165, 1.54) is 11.3 Å². The first-order valence-electron chi connectivity index (χ1n) is 7.08. The monoisotopic (exact) mass is 405 g/mol. The van der Waals surface area contributed by atoms with E-state index in [0.717, 1.165) is 6.26 Å². The van der Waals surface area contributed by atoms with E-state index < -0.39 is 44.2 Å². The number of halogens is 4. The highest BCUT2D eigenvalue weighted by Gasteiger charge is 2.25. The normalized spacial score (nSPS) is 12.1. The summed E-state index contributed by atoms with van der Waals surface area (Å²) >= 11 is 1.24. The van der Waals surface area contributed by atoms with Crippen molar-refractivity contribution in [3.8, 4) is 22.6 Å². The summed E-state index contributed by atoms with van der Waals surface area (Å²) in [4.78, 5) is 9.35. The molecule has 0 unspecified atom stereocenters. The predicted octanol–water partition coefficient (Wildman–Crippen LogP) is 4.13. The van der Waals surface area contributed by atoms with Gasteiger partial charge in [-0.3, -0.25) is 0 Å². The van der Waals surface area contributed by atoms with Crippen LogP contribution in [0.25, 0.3) is 22.6 Å². The molecule has 138 valence electrons. The first kappa shape index (κ1) is 18.5. The van der Waals surface area contributed by atoms with Crippen LogP contribution < -0.4 is 0 Å². The second-order valence-corrected chi connectivity index (χ2v) is 8.48. The smallest absolute Gasteiger partial charge is 0.295 e. The highest BCUT2D eigenvalue weighted by atomic mass is 32.2. The maximum atomic E-state index is 14.5. The van der Waals surface area contributed by atoms with Gasteiger partial charge in [-0.1, -0.05) is 0 Å². The van der Waals surface area contributed by atoms with Crippen molar-refractivity contribution in [3.05, 3.63) is 40.0 Å². The largest absolute Gasteiger partial charge is 0.335 e. The number of thiazole rings is 1. The molecule has 0 saturated carbocycles. The second kappa shape index (κ2) is 6.47. The van der Waals surface area contributed by atoms with E-state index in [9.17, 15) is 26.0 Å². The second-order valence-electron chi connectivity index (χ2n) is 5.43. The van der Waals surface area contributed by atoms with E-state index in [-0.39, 0.29) is 17.1 Å². The number of hydrogen-bond donors (Lipinski definition) is 1. The molecule has 2 heterocycles. The van der Waals surface area contributed by atoms with Gasteiger partial charge in [0.25, 0.3) is 6.43 Å². The molecular formula is C15H11F4N3O2S2. The SMILES string of the molecule is Cc1nc(-c2[nH]c(C(F)F)nc2-c2cc(F)c(S(C)(=O)=O)cc2F)cs1. The summed E-state index contributed by atoms with van der Waals surface area (Å²) in [5.74, 6) is -3.04. The Kier molecular flexibility index (Phi) is 4.61. The number of benzene rings is 1. The number of aromatic nitrogens is 3. The highest BCUT2D eigenvalue weighted by Crippen LogP contribution is 2.35. The zero-order valence-electron chi connectivity index (χ0n) is 13.3. The van der Waals surface area contributed by atoms with Crippen molar-refractivity contribution in [1.29, 1.82) is 0 Å². The number of aryl methyl sites for hydroxylation is 1. The van der Waals surface area contributed by atoms with Gasteiger partial charge in [0, 0.05) is 17.2 Å². The topological polar surface area (TPSA) is 75.7 Å². The van der Waals surface area contributed by atoms with Crippen LogP contribution in [0.1, 0.15) is 17.3 Å². The van der Waals surface area contributed by atoms with Crippen LogP contribution in [0.5, 0.6) is 0 Å². The zero-order valence-corrected chi connectivity index (χ0v) is 15.0. The van der Waals surface area contributed by atoms with Crippen LogP contribution in [0.2, 0.25) is 0 Å². The molecule has 0 amide bonds. The molecule has 26 heavy (non-hydrogen) atoms. The molecule has 11 heteroatoms. The van der Waals surface area contributed by atoms with Crippen LogP contribution in [0.3, 0.4) is 0 Å². The highest BCUT2D eigenvalue weighted by molar-refractivity contribution is 7.90. The fourth-order valence-electron chi connectivity index (χ4n) is 2.35. The van der Waals surface area contributed by atoms with Crippen LogP contribution in [0.15, 0.2) is 22.4 Å². The third kappa shape index (κ3) is 3.36. The Morgan fingerprint density at radius 2 is 1.85 bits per heavy atom. The lowest BCUT2D eigenvalue weighted by atomic mass is 10.1. The number of rotatable bonds is 4. The Balaban J connectivity index is 2.25. The number of hydrogen-bond acceptors (Lipinski definition) is 5. The summed E-state index contributed by atoms with van der Waals surface area (Å²) < 4.78 is 77.7. The van der Waals surface area contributed by atoms with Gasteiger partial charge in [0.1, 0.15) is 22.2 Å². The Bertz CT molecular complexity index is 1090. The fourth-order valence-corrected chi connectivity index (χ4v) is 3.68. The fraction of sp³-hybridized carbons (Fsp3) is 0.200. The van der Waals surface area contributed by atoms with E-state index in [4.69, 9.17) is 0 Å².